The van der Waals surface area contributed by atoms with Crippen LogP contribution < -0.4 is 0 Å². The van der Waals surface area contributed by atoms with E-state index < -0.39 is 0 Å². The van der Waals surface area contributed by atoms with Gasteiger partial charge in [-0.15, -0.1) is 0 Å². The fourth-order valence-corrected chi connectivity index (χ4v) is 6.78. The van der Waals surface area contributed by atoms with Gasteiger partial charge in [0.05, 0.1) is 5.52 Å². The highest BCUT2D eigenvalue weighted by Gasteiger charge is 2.21. The van der Waals surface area contributed by atoms with E-state index in [1.165, 1.54) is 38.2 Å². The summed E-state index contributed by atoms with van der Waals surface area (Å²) in [5, 5.41) is 6.00. The van der Waals surface area contributed by atoms with Crippen molar-refractivity contribution in [2.24, 2.45) is 0 Å². The van der Waals surface area contributed by atoms with Crippen LogP contribution in [0.4, 0.5) is 0 Å². The lowest BCUT2D eigenvalue weighted by molar-refractivity contribution is 0.934. The summed E-state index contributed by atoms with van der Waals surface area (Å²) in [6.07, 6.45) is 2.21. The summed E-state index contributed by atoms with van der Waals surface area (Å²) in [5.74, 6) is 1.85. The largest absolute Gasteiger partial charge is 0.285 e. The van der Waals surface area contributed by atoms with Gasteiger partial charge in [-0.05, 0) is 44.3 Å². The van der Waals surface area contributed by atoms with Crippen molar-refractivity contribution >= 4 is 32.4 Å². The smallest absolute Gasteiger partial charge is 0.238 e. The molecular formula is C43H28N4. The Balaban J connectivity index is 1.35. The lowest BCUT2D eigenvalue weighted by Crippen LogP contribution is -2.05. The molecule has 220 valence electrons. The van der Waals surface area contributed by atoms with Gasteiger partial charge in [-0.25, -0.2) is 4.98 Å². The van der Waals surface area contributed by atoms with E-state index in [0.717, 1.165) is 27.6 Å². The molecule has 0 saturated carbocycles. The number of aromatic nitrogens is 4. The standard InChI is InChI=1S/C43H28N4/c1-4-16-29(17-5-1)39-33-23-10-12-25-35(33)40(36-26-13-11-24-34(36)39)37-28-47(38-27-15-14-22-32(37)38)43-45-41(30-18-6-2-7-19-30)44-42(46-43)31-20-8-3-9-21-31/h1-28H. The molecule has 9 aromatic rings. The Morgan fingerprint density at radius 2 is 0.745 bits per heavy atom. The summed E-state index contributed by atoms with van der Waals surface area (Å²) in [4.78, 5) is 15.1. The molecule has 0 radical (unpaired) electrons. The van der Waals surface area contributed by atoms with Crippen LogP contribution >= 0.6 is 0 Å². The molecule has 0 bridgehead atoms. The number of hydrogen-bond acceptors (Lipinski definition) is 3. The van der Waals surface area contributed by atoms with Crippen molar-refractivity contribution in [3.05, 3.63) is 170 Å². The third kappa shape index (κ3) is 4.58. The Morgan fingerprint density at radius 1 is 0.340 bits per heavy atom. The molecular weight excluding hydrogens is 573 g/mol. The van der Waals surface area contributed by atoms with Gasteiger partial charge in [-0.1, -0.05) is 158 Å². The number of fused-ring (bicyclic) bond motifs is 3. The highest BCUT2D eigenvalue weighted by atomic mass is 15.2. The Hall–Kier alpha value is -6.39. The zero-order valence-electron chi connectivity index (χ0n) is 25.5. The van der Waals surface area contributed by atoms with Crippen LogP contribution in [0.3, 0.4) is 0 Å². The first-order valence-corrected chi connectivity index (χ1v) is 15.8. The maximum Gasteiger partial charge on any atom is 0.238 e. The van der Waals surface area contributed by atoms with Crippen LogP contribution in [0.15, 0.2) is 170 Å². The van der Waals surface area contributed by atoms with Crippen molar-refractivity contribution in [2.75, 3.05) is 0 Å². The molecule has 2 aromatic heterocycles. The Morgan fingerprint density at radius 3 is 1.26 bits per heavy atom. The Labute approximate surface area is 272 Å². The van der Waals surface area contributed by atoms with Gasteiger partial charge in [0.25, 0.3) is 0 Å². The van der Waals surface area contributed by atoms with Gasteiger partial charge in [0.1, 0.15) is 0 Å². The van der Waals surface area contributed by atoms with Gasteiger partial charge in [-0.3, -0.25) is 4.57 Å². The number of hydrogen-bond donors (Lipinski definition) is 0. The predicted molar refractivity (Wildman–Crippen MR) is 193 cm³/mol. The van der Waals surface area contributed by atoms with Gasteiger partial charge in [-0.2, -0.15) is 9.97 Å². The number of benzene rings is 7. The lowest BCUT2D eigenvalue weighted by atomic mass is 9.86. The molecule has 0 amide bonds. The maximum atomic E-state index is 5.08. The summed E-state index contributed by atoms with van der Waals surface area (Å²) >= 11 is 0. The first-order valence-electron chi connectivity index (χ1n) is 15.8. The molecule has 0 saturated heterocycles. The number of nitrogens with zero attached hydrogens (tertiary/aromatic N) is 4. The summed E-state index contributed by atoms with van der Waals surface area (Å²) in [7, 11) is 0. The minimum atomic E-state index is 0.578. The molecule has 0 unspecified atom stereocenters. The first kappa shape index (κ1) is 27.0. The van der Waals surface area contributed by atoms with Gasteiger partial charge >= 0.3 is 0 Å². The van der Waals surface area contributed by atoms with Gasteiger partial charge in [0, 0.05) is 28.3 Å². The summed E-state index contributed by atoms with van der Waals surface area (Å²) in [5.41, 5.74) is 7.72. The van der Waals surface area contributed by atoms with Crippen LogP contribution in [0.2, 0.25) is 0 Å². The molecule has 4 heteroatoms. The highest BCUT2D eigenvalue weighted by molar-refractivity contribution is 6.23. The average molecular weight is 601 g/mol. The maximum absolute atomic E-state index is 5.08. The lowest BCUT2D eigenvalue weighted by Gasteiger charge is -2.17. The zero-order chi connectivity index (χ0) is 31.2. The van der Waals surface area contributed by atoms with Gasteiger partial charge in [0.15, 0.2) is 11.6 Å². The Kier molecular flexibility index (Phi) is 6.43. The molecule has 0 N–H and O–H groups in total. The second-order valence-corrected chi connectivity index (χ2v) is 11.7. The SMILES string of the molecule is c1ccc(-c2nc(-c3ccccc3)nc(-n3cc(-c4c5ccccc5c(-c5ccccc5)c5ccccc45)c4ccccc43)n2)cc1. The molecule has 0 aliphatic rings. The molecule has 9 rings (SSSR count). The topological polar surface area (TPSA) is 43.6 Å². The van der Waals surface area contributed by atoms with Gasteiger partial charge < -0.3 is 0 Å². The fourth-order valence-electron chi connectivity index (χ4n) is 6.78. The van der Waals surface area contributed by atoms with Crippen molar-refractivity contribution in [3.63, 3.8) is 0 Å². The monoisotopic (exact) mass is 600 g/mol. The normalized spacial score (nSPS) is 11.4. The van der Waals surface area contributed by atoms with Crippen molar-refractivity contribution in [2.45, 2.75) is 0 Å². The van der Waals surface area contributed by atoms with Gasteiger partial charge in [0.2, 0.25) is 5.95 Å². The molecule has 47 heavy (non-hydrogen) atoms. The number of para-hydroxylation sites is 1. The summed E-state index contributed by atoms with van der Waals surface area (Å²) in [6.45, 7) is 0. The minimum absolute atomic E-state index is 0.578. The molecule has 0 spiro atoms. The summed E-state index contributed by atoms with van der Waals surface area (Å²) < 4.78 is 2.12. The van der Waals surface area contributed by atoms with Crippen LogP contribution in [-0.2, 0) is 0 Å². The Bertz CT molecular complexity index is 2440. The van der Waals surface area contributed by atoms with Crippen LogP contribution in [0.1, 0.15) is 0 Å². The van der Waals surface area contributed by atoms with Crippen LogP contribution in [0.25, 0.3) is 83.4 Å². The van der Waals surface area contributed by atoms with Crippen molar-refractivity contribution < 1.29 is 0 Å². The van der Waals surface area contributed by atoms with Crippen LogP contribution in [0.5, 0.6) is 0 Å². The van der Waals surface area contributed by atoms with E-state index in [0.29, 0.717) is 17.6 Å². The second-order valence-electron chi connectivity index (χ2n) is 11.7. The molecule has 4 nitrogen and oxygen atoms in total. The van der Waals surface area contributed by atoms with E-state index in [2.05, 4.69) is 114 Å². The quantitative estimate of drug-likeness (QED) is 0.185. The van der Waals surface area contributed by atoms with E-state index in [9.17, 15) is 0 Å². The second kappa shape index (κ2) is 11.2. The molecule has 7 aromatic carbocycles. The first-order chi connectivity index (χ1) is 23.3. The minimum Gasteiger partial charge on any atom is -0.285 e. The molecule has 0 aliphatic heterocycles. The average Bonchev–Trinajstić information content (AvgIpc) is 3.54. The number of rotatable bonds is 5. The van der Waals surface area contributed by atoms with E-state index in [1.54, 1.807) is 0 Å². The van der Waals surface area contributed by atoms with E-state index in [-0.39, 0.29) is 0 Å². The van der Waals surface area contributed by atoms with Crippen LogP contribution in [0, 0.1) is 0 Å². The zero-order valence-corrected chi connectivity index (χ0v) is 25.5. The summed E-state index contributed by atoms with van der Waals surface area (Å²) in [6, 6.07) is 57.0. The fraction of sp³-hybridized carbons (Fsp3) is 0. The highest BCUT2D eigenvalue weighted by Crippen LogP contribution is 2.45. The van der Waals surface area contributed by atoms with Crippen LogP contribution in [-0.4, -0.2) is 19.5 Å². The van der Waals surface area contributed by atoms with E-state index in [1.807, 2.05) is 60.7 Å². The molecule has 0 fully saturated rings. The van der Waals surface area contributed by atoms with Crippen molar-refractivity contribution in [3.8, 4) is 51.0 Å². The third-order valence-corrected chi connectivity index (χ3v) is 8.88. The third-order valence-electron chi connectivity index (χ3n) is 8.88. The molecule has 0 atom stereocenters. The molecule has 2 heterocycles. The van der Waals surface area contributed by atoms with E-state index >= 15 is 0 Å². The van der Waals surface area contributed by atoms with Crippen molar-refractivity contribution in [1.82, 2.24) is 19.5 Å². The molecule has 0 aliphatic carbocycles. The van der Waals surface area contributed by atoms with Crippen molar-refractivity contribution in [1.29, 1.82) is 0 Å². The van der Waals surface area contributed by atoms with E-state index in [4.69, 9.17) is 15.0 Å². The predicted octanol–water partition coefficient (Wildman–Crippen LogP) is 10.8.